The Kier molecular flexibility index (Phi) is 11.0. The number of carboxylic acids is 1. The number of rotatable bonds is 12. The summed E-state index contributed by atoms with van der Waals surface area (Å²) in [6.45, 7) is 18.3. The first-order valence-electron chi connectivity index (χ1n) is 17.6. The van der Waals surface area contributed by atoms with E-state index in [0.717, 1.165) is 5.13 Å². The SMILES string of the molecule is C=C[C@H]1C[C@@]1(NC(=O)[C@@H]1C[C@@H](Oc2cc(-c3csc(NC(C)C)n3)nc3cc(OC)ccc23)CN1C(=O)C(NC(=O)OC(C)(C)C)C(C)(C)C)C(=O)O. The van der Waals surface area contributed by atoms with Crippen LogP contribution >= 0.6 is 11.3 Å². The van der Waals surface area contributed by atoms with Gasteiger partial charge in [0, 0.05) is 41.3 Å². The average Bonchev–Trinajstić information content (AvgIpc) is 3.34. The Morgan fingerprint density at radius 3 is 2.40 bits per heavy atom. The van der Waals surface area contributed by atoms with Gasteiger partial charge in [0.25, 0.3) is 0 Å². The Labute approximate surface area is 313 Å². The zero-order valence-corrected chi connectivity index (χ0v) is 32.6. The van der Waals surface area contributed by atoms with E-state index in [2.05, 4.69) is 22.5 Å². The number of carbonyl (C=O) groups excluding carboxylic acids is 3. The van der Waals surface area contributed by atoms with Crippen molar-refractivity contribution in [3.8, 4) is 22.9 Å². The zero-order valence-electron chi connectivity index (χ0n) is 31.7. The lowest BCUT2D eigenvalue weighted by Gasteiger charge is -2.35. The van der Waals surface area contributed by atoms with Crippen molar-refractivity contribution in [1.82, 2.24) is 25.5 Å². The van der Waals surface area contributed by atoms with Crippen molar-refractivity contribution >= 4 is 51.2 Å². The second-order valence-electron chi connectivity index (χ2n) is 16.0. The number of methoxy groups -OCH3 is 1. The summed E-state index contributed by atoms with van der Waals surface area (Å²) in [7, 11) is 1.57. The molecule has 1 unspecified atom stereocenters. The lowest BCUT2D eigenvalue weighted by molar-refractivity contribution is -0.146. The highest BCUT2D eigenvalue weighted by molar-refractivity contribution is 7.14. The number of hydrogen-bond donors (Lipinski definition) is 4. The van der Waals surface area contributed by atoms with Crippen LogP contribution in [0.15, 0.2) is 42.3 Å². The molecule has 1 aliphatic carbocycles. The summed E-state index contributed by atoms with van der Waals surface area (Å²) in [5.74, 6) is -1.77. The van der Waals surface area contributed by atoms with E-state index in [1.807, 2.05) is 25.3 Å². The molecule has 15 heteroatoms. The molecule has 53 heavy (non-hydrogen) atoms. The van der Waals surface area contributed by atoms with Crippen molar-refractivity contribution in [2.24, 2.45) is 11.3 Å². The number of pyridine rings is 1. The van der Waals surface area contributed by atoms with E-state index in [0.29, 0.717) is 33.8 Å². The van der Waals surface area contributed by atoms with Gasteiger partial charge in [-0.3, -0.25) is 9.59 Å². The summed E-state index contributed by atoms with van der Waals surface area (Å²) in [6, 6.07) is 5.16. The smallest absolute Gasteiger partial charge is 0.408 e. The molecule has 2 fully saturated rings. The molecule has 1 saturated carbocycles. The molecular formula is C38H50N6O8S. The standard InChI is InChI=1S/C38H50N6O8S/c1-11-21-17-38(21,33(47)48)43-31(45)28-15-23(18-44(28)32(46)30(36(4,5)6)42-35(49)52-37(7,8)9)51-29-16-26(27-19-53-34(41-27)39-20(2)3)40-25-14-22(50-10)12-13-24(25)29/h11-14,16,19-21,23,28,30H,1,15,17-18H2,2-10H3,(H,39,41)(H,42,49)(H,43,45)(H,47,48)/t21-,23+,28-,30?,38-/m0/s1. The number of anilines is 1. The fraction of sp³-hybridized carbons (Fsp3) is 0.526. The monoisotopic (exact) mass is 750 g/mol. The van der Waals surface area contributed by atoms with Gasteiger partial charge in [-0.2, -0.15) is 0 Å². The van der Waals surface area contributed by atoms with Gasteiger partial charge in [-0.25, -0.2) is 19.6 Å². The summed E-state index contributed by atoms with van der Waals surface area (Å²) in [4.78, 5) is 64.8. The highest BCUT2D eigenvalue weighted by Crippen LogP contribution is 2.45. The van der Waals surface area contributed by atoms with Gasteiger partial charge in [0.1, 0.15) is 46.5 Å². The van der Waals surface area contributed by atoms with Gasteiger partial charge in [0.15, 0.2) is 5.13 Å². The van der Waals surface area contributed by atoms with E-state index >= 15 is 0 Å². The highest BCUT2D eigenvalue weighted by atomic mass is 32.1. The summed E-state index contributed by atoms with van der Waals surface area (Å²) in [5.41, 5.74) is -1.36. The third-order valence-corrected chi connectivity index (χ3v) is 9.87. The van der Waals surface area contributed by atoms with Crippen molar-refractivity contribution < 1.29 is 38.5 Å². The maximum atomic E-state index is 14.5. The second kappa shape index (κ2) is 14.8. The number of aliphatic carboxylic acids is 1. The molecule has 5 rings (SSSR count). The van der Waals surface area contributed by atoms with Gasteiger partial charge in [-0.15, -0.1) is 17.9 Å². The third kappa shape index (κ3) is 8.83. The van der Waals surface area contributed by atoms with Gasteiger partial charge in [-0.1, -0.05) is 26.8 Å². The fourth-order valence-corrected chi connectivity index (χ4v) is 7.20. The molecule has 286 valence electrons. The van der Waals surface area contributed by atoms with Crippen LogP contribution in [0.5, 0.6) is 11.5 Å². The van der Waals surface area contributed by atoms with Crippen LogP contribution in [0, 0.1) is 11.3 Å². The van der Waals surface area contributed by atoms with Gasteiger partial charge in [0.2, 0.25) is 11.8 Å². The van der Waals surface area contributed by atoms with Crippen molar-refractivity contribution in [3.63, 3.8) is 0 Å². The van der Waals surface area contributed by atoms with Crippen LogP contribution in [-0.4, -0.2) is 92.9 Å². The molecule has 3 amide bonds. The minimum absolute atomic E-state index is 0.0289. The van der Waals surface area contributed by atoms with Crippen LogP contribution in [0.1, 0.15) is 68.2 Å². The molecule has 0 radical (unpaired) electrons. The van der Waals surface area contributed by atoms with E-state index in [9.17, 15) is 24.3 Å². The number of carbonyl (C=O) groups is 4. The average molecular weight is 751 g/mol. The second-order valence-corrected chi connectivity index (χ2v) is 16.8. The normalized spacial score (nSPS) is 21.8. The van der Waals surface area contributed by atoms with Crippen LogP contribution in [0.4, 0.5) is 9.93 Å². The first-order chi connectivity index (χ1) is 24.7. The van der Waals surface area contributed by atoms with Crippen LogP contribution in [0.25, 0.3) is 22.3 Å². The number of nitrogens with one attached hydrogen (secondary N) is 3. The molecular weight excluding hydrogens is 701 g/mol. The molecule has 4 N–H and O–H groups in total. The van der Waals surface area contributed by atoms with Crippen LogP contribution in [0.2, 0.25) is 0 Å². The van der Waals surface area contributed by atoms with E-state index in [4.69, 9.17) is 24.2 Å². The Bertz CT molecular complexity index is 1900. The van der Waals surface area contributed by atoms with Crippen LogP contribution in [0.3, 0.4) is 0 Å². The molecule has 2 aromatic heterocycles. The Morgan fingerprint density at radius 2 is 1.81 bits per heavy atom. The molecule has 0 spiro atoms. The number of fused-ring (bicyclic) bond motifs is 1. The molecule has 1 aromatic carbocycles. The van der Waals surface area contributed by atoms with Crippen LogP contribution in [-0.2, 0) is 19.1 Å². The largest absolute Gasteiger partial charge is 0.497 e. The van der Waals surface area contributed by atoms with Gasteiger partial charge < -0.3 is 40.2 Å². The number of likely N-dealkylation sites (tertiary alicyclic amines) is 1. The third-order valence-electron chi connectivity index (χ3n) is 9.10. The van der Waals surface area contributed by atoms with E-state index in [-0.39, 0.29) is 25.4 Å². The van der Waals surface area contributed by atoms with E-state index in [1.165, 1.54) is 22.3 Å². The Hall–Kier alpha value is -4.92. The number of ether oxygens (including phenoxy) is 3. The first kappa shape index (κ1) is 39.3. The summed E-state index contributed by atoms with van der Waals surface area (Å²) < 4.78 is 17.6. The van der Waals surface area contributed by atoms with Crippen molar-refractivity contribution in [3.05, 3.63) is 42.3 Å². The predicted octanol–water partition coefficient (Wildman–Crippen LogP) is 5.62. The molecule has 3 aromatic rings. The van der Waals surface area contributed by atoms with E-state index in [1.54, 1.807) is 66.9 Å². The highest BCUT2D eigenvalue weighted by Gasteiger charge is 2.61. The Balaban J connectivity index is 1.51. The minimum atomic E-state index is -1.52. The number of aromatic nitrogens is 2. The number of carboxylic acid groups (broad SMARTS) is 1. The maximum absolute atomic E-state index is 14.5. The number of alkyl carbamates (subject to hydrolysis) is 1. The number of hydrogen-bond acceptors (Lipinski definition) is 11. The van der Waals surface area contributed by atoms with E-state index < -0.39 is 64.5 Å². The van der Waals surface area contributed by atoms with Gasteiger partial charge in [-0.05, 0) is 58.6 Å². The number of thiazole rings is 1. The Morgan fingerprint density at radius 1 is 1.09 bits per heavy atom. The lowest BCUT2D eigenvalue weighted by atomic mass is 9.85. The van der Waals surface area contributed by atoms with Gasteiger partial charge in [0.05, 0.1) is 24.9 Å². The van der Waals surface area contributed by atoms with Crippen molar-refractivity contribution in [2.45, 2.75) is 104 Å². The number of benzene rings is 1. The predicted molar refractivity (Wildman–Crippen MR) is 202 cm³/mol. The first-order valence-corrected chi connectivity index (χ1v) is 18.5. The van der Waals surface area contributed by atoms with Crippen molar-refractivity contribution in [2.75, 3.05) is 19.0 Å². The van der Waals surface area contributed by atoms with Crippen molar-refractivity contribution in [1.29, 1.82) is 0 Å². The molecule has 3 heterocycles. The summed E-state index contributed by atoms with van der Waals surface area (Å²) in [6.07, 6.45) is 0.244. The van der Waals surface area contributed by atoms with Crippen LogP contribution < -0.4 is 25.4 Å². The number of nitrogens with zero attached hydrogens (tertiary/aromatic N) is 3. The fourth-order valence-electron chi connectivity index (χ4n) is 6.35. The molecule has 1 aliphatic heterocycles. The maximum Gasteiger partial charge on any atom is 0.408 e. The molecule has 2 aliphatic rings. The zero-order chi connectivity index (χ0) is 39.0. The summed E-state index contributed by atoms with van der Waals surface area (Å²) >= 11 is 1.45. The summed E-state index contributed by atoms with van der Waals surface area (Å²) in [5, 5.41) is 22.1. The topological polar surface area (TPSA) is 181 Å². The number of amides is 3. The minimum Gasteiger partial charge on any atom is -0.497 e. The molecule has 14 nitrogen and oxygen atoms in total. The quantitative estimate of drug-likeness (QED) is 0.169. The molecule has 0 bridgehead atoms. The van der Waals surface area contributed by atoms with Gasteiger partial charge >= 0.3 is 12.1 Å². The lowest BCUT2D eigenvalue weighted by Crippen LogP contribution is -2.59. The molecule has 1 saturated heterocycles. The molecule has 5 atom stereocenters.